The molecule has 0 heterocycles. The van der Waals surface area contributed by atoms with Crippen molar-refractivity contribution in [1.82, 2.24) is 0 Å². The number of rotatable bonds is 2. The third-order valence-corrected chi connectivity index (χ3v) is 2.01. The molecule has 0 aliphatic carbocycles. The van der Waals surface area contributed by atoms with Gasteiger partial charge in [0.1, 0.15) is 0 Å². The van der Waals surface area contributed by atoms with Crippen LogP contribution in [0.5, 0.6) is 0 Å². The average Bonchev–Trinajstić information content (AvgIpc) is 1.35. The maximum absolute atomic E-state index is 2.32. The van der Waals surface area contributed by atoms with Crippen molar-refractivity contribution in [2.24, 2.45) is 0 Å². The monoisotopic (exact) mass is 104 g/mol. The van der Waals surface area contributed by atoms with E-state index in [9.17, 15) is 0 Å². The Labute approximate surface area is 41.7 Å². The van der Waals surface area contributed by atoms with Crippen LogP contribution in [-0.4, -0.2) is 19.5 Å². The lowest BCUT2D eigenvalue weighted by atomic mass is 10.6. The molecular weight excluding hydrogens is 91.0 g/mol. The van der Waals surface area contributed by atoms with E-state index in [-0.39, 0.29) is 0 Å². The summed E-state index contributed by atoms with van der Waals surface area (Å²) in [5.74, 6) is 0. The fourth-order valence-corrected chi connectivity index (χ4v) is 1.34. The summed E-state index contributed by atoms with van der Waals surface area (Å²) < 4.78 is 0. The average molecular weight is 104 g/mol. The first-order valence-electron chi connectivity index (χ1n) is 2.42. The van der Waals surface area contributed by atoms with Crippen LogP contribution in [-0.2, 0) is 0 Å². The highest BCUT2D eigenvalue weighted by atomic mass is 31.1. The van der Waals surface area contributed by atoms with Gasteiger partial charge in [0.2, 0.25) is 0 Å². The summed E-state index contributed by atoms with van der Waals surface area (Å²) in [6, 6.07) is 0. The highest BCUT2D eigenvalue weighted by molar-refractivity contribution is 7.55. The third-order valence-electron chi connectivity index (χ3n) is 0.671. The van der Waals surface area contributed by atoms with E-state index in [1.54, 1.807) is 0 Å². The largest absolute Gasteiger partial charge is 0.113 e. The molecule has 1 heteroatoms. The van der Waals surface area contributed by atoms with Crippen LogP contribution in [0.15, 0.2) is 0 Å². The molecule has 0 fully saturated rings. The molecule has 0 spiro atoms. The second kappa shape index (κ2) is 3.61. The van der Waals surface area contributed by atoms with Crippen molar-refractivity contribution < 1.29 is 0 Å². The summed E-state index contributed by atoms with van der Waals surface area (Å²) >= 11 is 0. The van der Waals surface area contributed by atoms with Gasteiger partial charge < -0.3 is 0 Å². The van der Waals surface area contributed by atoms with Gasteiger partial charge in [0.25, 0.3) is 0 Å². The molecule has 6 heavy (non-hydrogen) atoms. The second-order valence-corrected chi connectivity index (χ2v) is 4.41. The zero-order valence-corrected chi connectivity index (χ0v) is 5.76. The molecule has 0 radical (unpaired) electrons. The highest BCUT2D eigenvalue weighted by Gasteiger charge is 1.84. The molecule has 0 aliphatic rings. The predicted molar refractivity (Wildman–Crippen MR) is 33.9 cm³/mol. The normalized spacial score (nSPS) is 10.0. The maximum Gasteiger partial charge on any atom is -0.0333 e. The van der Waals surface area contributed by atoms with Gasteiger partial charge >= 0.3 is 0 Å². The van der Waals surface area contributed by atoms with Crippen LogP contribution in [0.2, 0.25) is 0 Å². The smallest absolute Gasteiger partial charge is 0.0333 e. The Kier molecular flexibility index (Phi) is 3.87. The van der Waals surface area contributed by atoms with Crippen molar-refractivity contribution in [3.63, 3.8) is 0 Å². The van der Waals surface area contributed by atoms with Crippen LogP contribution in [0.25, 0.3) is 0 Å². The molecule has 38 valence electrons. The van der Waals surface area contributed by atoms with Crippen molar-refractivity contribution in [1.29, 1.82) is 0 Å². The van der Waals surface area contributed by atoms with Crippen LogP contribution in [0.3, 0.4) is 0 Å². The van der Waals surface area contributed by atoms with Crippen LogP contribution in [0, 0.1) is 0 Å². The third kappa shape index (κ3) is 4.43. The fourth-order valence-electron chi connectivity index (χ4n) is 0.447. The van der Waals surface area contributed by atoms with E-state index in [1.165, 1.54) is 12.6 Å². The van der Waals surface area contributed by atoms with Crippen LogP contribution in [0.4, 0.5) is 0 Å². The van der Waals surface area contributed by atoms with Crippen LogP contribution in [0.1, 0.15) is 13.3 Å². The summed E-state index contributed by atoms with van der Waals surface area (Å²) in [6.45, 7) is 6.88. The summed E-state index contributed by atoms with van der Waals surface area (Å²) in [5.41, 5.74) is 0. The molecule has 0 aromatic carbocycles. The van der Waals surface area contributed by atoms with Crippen LogP contribution >= 0.6 is 7.92 Å². The zero-order chi connectivity index (χ0) is 4.99. The minimum absolute atomic E-state index is 0.399. The molecule has 0 nitrogen and oxygen atoms in total. The van der Waals surface area contributed by atoms with Gasteiger partial charge in [0.05, 0.1) is 0 Å². The Balaban J connectivity index is 2.63. The van der Waals surface area contributed by atoms with Gasteiger partial charge in [-0.3, -0.25) is 0 Å². The van der Waals surface area contributed by atoms with Gasteiger partial charge in [-0.25, -0.2) is 0 Å². The van der Waals surface area contributed by atoms with Gasteiger partial charge in [0.15, 0.2) is 0 Å². The van der Waals surface area contributed by atoms with Gasteiger partial charge in [-0.2, -0.15) is 0 Å². The first-order valence-corrected chi connectivity index (χ1v) is 4.84. The molecule has 0 atom stereocenters. The quantitative estimate of drug-likeness (QED) is 0.471. The van der Waals surface area contributed by atoms with Gasteiger partial charge in [0, 0.05) is 0 Å². The van der Waals surface area contributed by atoms with Crippen molar-refractivity contribution in [2.75, 3.05) is 19.5 Å². The van der Waals surface area contributed by atoms with E-state index < -0.39 is 0 Å². The first kappa shape index (κ1) is 6.43. The van der Waals surface area contributed by atoms with E-state index >= 15 is 0 Å². The maximum atomic E-state index is 2.32. The first-order chi connectivity index (χ1) is 2.77. The lowest BCUT2D eigenvalue weighted by Gasteiger charge is -1.97. The number of hydrogen-bond donors (Lipinski definition) is 0. The molecule has 0 amide bonds. The van der Waals surface area contributed by atoms with Crippen molar-refractivity contribution in [3.8, 4) is 0 Å². The zero-order valence-electron chi connectivity index (χ0n) is 4.86. The molecule has 0 bridgehead atoms. The van der Waals surface area contributed by atoms with E-state index in [4.69, 9.17) is 0 Å². The molecule has 0 aliphatic heterocycles. The van der Waals surface area contributed by atoms with Gasteiger partial charge in [-0.05, 0) is 19.5 Å². The molecule has 0 saturated carbocycles. The summed E-state index contributed by atoms with van der Waals surface area (Å²) in [4.78, 5) is 0. The molecule has 0 N–H and O–H groups in total. The molecule has 0 unspecified atom stereocenters. The molecule has 0 saturated heterocycles. The van der Waals surface area contributed by atoms with Gasteiger partial charge in [-0.1, -0.05) is 13.3 Å². The molecule has 0 rings (SSSR count). The summed E-state index contributed by atoms with van der Waals surface area (Å²) in [7, 11) is 0.399. The molecular formula is C5H13P. The Hall–Kier alpha value is 0.430. The molecule has 0 aromatic rings. The Morgan fingerprint density at radius 3 is 1.83 bits per heavy atom. The van der Waals surface area contributed by atoms with E-state index in [0.717, 1.165) is 0 Å². The number of hydrogen-bond acceptors (Lipinski definition) is 0. The topological polar surface area (TPSA) is 0 Å². The van der Waals surface area contributed by atoms with Crippen molar-refractivity contribution in [2.45, 2.75) is 13.3 Å². The lowest BCUT2D eigenvalue weighted by Crippen LogP contribution is -1.73. The van der Waals surface area contributed by atoms with E-state index in [1.807, 2.05) is 0 Å². The molecule has 0 aromatic heterocycles. The fraction of sp³-hybridized carbons (Fsp3) is 1.00. The highest BCUT2D eigenvalue weighted by Crippen LogP contribution is 2.23. The lowest BCUT2D eigenvalue weighted by molar-refractivity contribution is 1.10. The standard InChI is InChI=1S/C5H13P/c1-4-5-6(2)3/h4-5H2,1-3H3. The van der Waals surface area contributed by atoms with E-state index in [0.29, 0.717) is 7.92 Å². The van der Waals surface area contributed by atoms with Crippen molar-refractivity contribution in [3.05, 3.63) is 0 Å². The van der Waals surface area contributed by atoms with Gasteiger partial charge in [-0.15, -0.1) is 7.92 Å². The Morgan fingerprint density at radius 2 is 1.83 bits per heavy atom. The summed E-state index contributed by atoms with van der Waals surface area (Å²) in [6.07, 6.45) is 2.80. The summed E-state index contributed by atoms with van der Waals surface area (Å²) in [5, 5.41) is 0. The minimum atomic E-state index is 0.399. The SMILES string of the molecule is CCCP(C)C. The predicted octanol–water partition coefficient (Wildman–Crippen LogP) is 2.14. The van der Waals surface area contributed by atoms with Crippen LogP contribution < -0.4 is 0 Å². The van der Waals surface area contributed by atoms with E-state index in [2.05, 4.69) is 20.3 Å². The minimum Gasteiger partial charge on any atom is -0.113 e. The Morgan fingerprint density at radius 1 is 1.33 bits per heavy atom. The second-order valence-electron chi connectivity index (χ2n) is 1.80. The van der Waals surface area contributed by atoms with Crippen molar-refractivity contribution >= 4 is 7.92 Å². The Bertz CT molecular complexity index is 25.1.